The van der Waals surface area contributed by atoms with Gasteiger partial charge in [0.05, 0.1) is 0 Å². The molecular formula is C22H24N4O2. The average Bonchev–Trinajstić information content (AvgIpc) is 3.34. The zero-order chi connectivity index (χ0) is 19.7. The van der Waals surface area contributed by atoms with Crippen molar-refractivity contribution >= 4 is 11.7 Å². The van der Waals surface area contributed by atoms with Crippen LogP contribution in [0, 0.1) is 20.8 Å². The highest BCUT2D eigenvalue weighted by Crippen LogP contribution is 2.33. The van der Waals surface area contributed by atoms with Gasteiger partial charge in [0.15, 0.2) is 0 Å². The lowest BCUT2D eigenvalue weighted by Crippen LogP contribution is -2.35. The van der Waals surface area contributed by atoms with Crippen molar-refractivity contribution in [2.75, 3.05) is 11.9 Å². The fraction of sp³-hybridized carbons (Fsp3) is 0.318. The summed E-state index contributed by atoms with van der Waals surface area (Å²) in [6.07, 6.45) is 1.72. The van der Waals surface area contributed by atoms with Crippen LogP contribution in [0.4, 0.5) is 10.5 Å². The van der Waals surface area contributed by atoms with Crippen LogP contribution in [0.3, 0.4) is 0 Å². The predicted octanol–water partition coefficient (Wildman–Crippen LogP) is 5.03. The quantitative estimate of drug-likeness (QED) is 0.696. The summed E-state index contributed by atoms with van der Waals surface area (Å²) in [6, 6.07) is 13.6. The first-order chi connectivity index (χ1) is 13.5. The van der Waals surface area contributed by atoms with Crippen LogP contribution in [0.5, 0.6) is 0 Å². The van der Waals surface area contributed by atoms with Crippen molar-refractivity contribution in [2.45, 2.75) is 39.7 Å². The van der Waals surface area contributed by atoms with E-state index < -0.39 is 0 Å². The van der Waals surface area contributed by atoms with E-state index in [-0.39, 0.29) is 12.1 Å². The second kappa shape index (κ2) is 7.46. The molecule has 1 atom stereocenters. The largest absolute Gasteiger partial charge is 0.337 e. The Bertz CT molecular complexity index is 974. The molecule has 0 aliphatic carbocycles. The van der Waals surface area contributed by atoms with E-state index in [1.54, 1.807) is 4.90 Å². The summed E-state index contributed by atoms with van der Waals surface area (Å²) in [7, 11) is 0. The highest BCUT2D eigenvalue weighted by atomic mass is 16.5. The molecule has 1 aliphatic rings. The lowest BCUT2D eigenvalue weighted by Gasteiger charge is -2.23. The van der Waals surface area contributed by atoms with Crippen molar-refractivity contribution in [2.24, 2.45) is 0 Å². The van der Waals surface area contributed by atoms with Crippen LogP contribution in [0.1, 0.15) is 41.5 Å². The van der Waals surface area contributed by atoms with Gasteiger partial charge in [0, 0.05) is 17.8 Å². The predicted molar refractivity (Wildman–Crippen MR) is 108 cm³/mol. The summed E-state index contributed by atoms with van der Waals surface area (Å²) in [4.78, 5) is 19.3. The zero-order valence-corrected chi connectivity index (χ0v) is 16.4. The summed E-state index contributed by atoms with van der Waals surface area (Å²) in [6.45, 7) is 6.70. The number of benzene rings is 2. The minimum Gasteiger partial charge on any atom is -0.337 e. The van der Waals surface area contributed by atoms with Crippen LogP contribution in [-0.2, 0) is 0 Å². The van der Waals surface area contributed by atoms with Crippen LogP contribution in [0.2, 0.25) is 0 Å². The first-order valence-electron chi connectivity index (χ1n) is 9.57. The van der Waals surface area contributed by atoms with Crippen molar-refractivity contribution in [3.05, 3.63) is 65.0 Å². The van der Waals surface area contributed by atoms with Crippen LogP contribution in [0.25, 0.3) is 11.4 Å². The van der Waals surface area contributed by atoms with Gasteiger partial charge in [-0.3, -0.25) is 0 Å². The molecule has 2 heterocycles. The topological polar surface area (TPSA) is 71.3 Å². The van der Waals surface area contributed by atoms with Gasteiger partial charge in [0.1, 0.15) is 6.04 Å². The molecule has 0 radical (unpaired) electrons. The van der Waals surface area contributed by atoms with Gasteiger partial charge in [0.25, 0.3) is 0 Å². The molecule has 0 saturated carbocycles. The smallest absolute Gasteiger partial charge is 0.322 e. The molecule has 3 aromatic rings. The normalized spacial score (nSPS) is 16.4. The SMILES string of the molecule is Cc1ccc(-c2noc([C@H]3CCCN3C(=O)Nc3c(C)cccc3C)n2)cc1. The number of anilines is 1. The summed E-state index contributed by atoms with van der Waals surface area (Å²) in [5.41, 5.74) is 5.04. The van der Waals surface area contributed by atoms with Gasteiger partial charge in [-0.05, 0) is 44.7 Å². The number of aromatic nitrogens is 2. The van der Waals surface area contributed by atoms with Gasteiger partial charge in [-0.2, -0.15) is 4.98 Å². The number of urea groups is 1. The maximum absolute atomic E-state index is 12.9. The van der Waals surface area contributed by atoms with Crippen molar-refractivity contribution in [1.82, 2.24) is 15.0 Å². The summed E-state index contributed by atoms with van der Waals surface area (Å²) >= 11 is 0. The highest BCUT2D eigenvalue weighted by molar-refractivity contribution is 5.91. The fourth-order valence-electron chi connectivity index (χ4n) is 3.65. The summed E-state index contributed by atoms with van der Waals surface area (Å²) < 4.78 is 5.53. The third-order valence-corrected chi connectivity index (χ3v) is 5.26. The van der Waals surface area contributed by atoms with E-state index in [1.165, 1.54) is 5.56 Å². The number of rotatable bonds is 3. The molecule has 6 nitrogen and oxygen atoms in total. The molecule has 1 saturated heterocycles. The van der Waals surface area contributed by atoms with Gasteiger partial charge in [-0.15, -0.1) is 0 Å². The number of carbonyl (C=O) groups excluding carboxylic acids is 1. The molecule has 2 aromatic carbocycles. The molecule has 0 bridgehead atoms. The first kappa shape index (κ1) is 18.2. The minimum atomic E-state index is -0.198. The zero-order valence-electron chi connectivity index (χ0n) is 16.4. The lowest BCUT2D eigenvalue weighted by molar-refractivity contribution is 0.193. The van der Waals surface area contributed by atoms with Crippen LogP contribution in [0.15, 0.2) is 47.0 Å². The summed E-state index contributed by atoms with van der Waals surface area (Å²) in [5.74, 6) is 1.04. The van der Waals surface area contributed by atoms with Crippen molar-refractivity contribution in [3.63, 3.8) is 0 Å². The first-order valence-corrected chi connectivity index (χ1v) is 9.57. The second-order valence-corrected chi connectivity index (χ2v) is 7.37. The Kier molecular flexibility index (Phi) is 4.86. The molecule has 28 heavy (non-hydrogen) atoms. The Hall–Kier alpha value is -3.15. The molecule has 1 aromatic heterocycles. The van der Waals surface area contributed by atoms with E-state index >= 15 is 0 Å². The number of hydrogen-bond acceptors (Lipinski definition) is 4. The van der Waals surface area contributed by atoms with Crippen LogP contribution >= 0.6 is 0 Å². The highest BCUT2D eigenvalue weighted by Gasteiger charge is 2.34. The molecular weight excluding hydrogens is 352 g/mol. The number of nitrogens with one attached hydrogen (secondary N) is 1. The monoisotopic (exact) mass is 376 g/mol. The third kappa shape index (κ3) is 3.50. The van der Waals surface area contributed by atoms with Crippen molar-refractivity contribution in [3.8, 4) is 11.4 Å². The van der Waals surface area contributed by atoms with E-state index in [2.05, 4.69) is 15.5 Å². The lowest BCUT2D eigenvalue weighted by atomic mass is 10.1. The van der Waals surface area contributed by atoms with E-state index in [0.717, 1.165) is 35.2 Å². The number of hydrogen-bond donors (Lipinski definition) is 1. The number of nitrogens with zero attached hydrogens (tertiary/aromatic N) is 3. The van der Waals surface area contributed by atoms with Crippen LogP contribution < -0.4 is 5.32 Å². The number of likely N-dealkylation sites (tertiary alicyclic amines) is 1. The Labute approximate surface area is 164 Å². The van der Waals surface area contributed by atoms with E-state index in [4.69, 9.17) is 4.52 Å². The fourth-order valence-corrected chi connectivity index (χ4v) is 3.65. The van der Waals surface area contributed by atoms with E-state index in [9.17, 15) is 4.79 Å². The molecule has 0 unspecified atom stereocenters. The van der Waals surface area contributed by atoms with E-state index in [0.29, 0.717) is 18.3 Å². The van der Waals surface area contributed by atoms with Crippen molar-refractivity contribution < 1.29 is 9.32 Å². The Morgan fingerprint density at radius 1 is 1.11 bits per heavy atom. The van der Waals surface area contributed by atoms with Gasteiger partial charge in [-0.25, -0.2) is 4.79 Å². The molecule has 4 rings (SSSR count). The maximum atomic E-state index is 12.9. The van der Waals surface area contributed by atoms with Gasteiger partial charge < -0.3 is 14.7 Å². The molecule has 1 N–H and O–H groups in total. The summed E-state index contributed by atoms with van der Waals surface area (Å²) in [5, 5.41) is 7.18. The van der Waals surface area contributed by atoms with Crippen molar-refractivity contribution in [1.29, 1.82) is 0 Å². The number of carbonyl (C=O) groups is 1. The standard InChI is InChI=1S/C22H24N4O2/c1-14-9-11-17(12-10-14)20-24-21(28-25-20)18-8-5-13-26(18)22(27)23-19-15(2)6-4-7-16(19)3/h4,6-7,9-12,18H,5,8,13H2,1-3H3,(H,23,27)/t18-/m1/s1. The number of amides is 2. The molecule has 0 spiro atoms. The maximum Gasteiger partial charge on any atom is 0.322 e. The molecule has 144 valence electrons. The molecule has 2 amide bonds. The molecule has 1 aliphatic heterocycles. The Morgan fingerprint density at radius 3 is 2.54 bits per heavy atom. The Balaban J connectivity index is 1.54. The number of aryl methyl sites for hydroxylation is 3. The molecule has 6 heteroatoms. The third-order valence-electron chi connectivity index (χ3n) is 5.26. The minimum absolute atomic E-state index is 0.130. The van der Waals surface area contributed by atoms with Crippen LogP contribution in [-0.4, -0.2) is 27.6 Å². The van der Waals surface area contributed by atoms with E-state index in [1.807, 2.05) is 63.2 Å². The second-order valence-electron chi connectivity index (χ2n) is 7.37. The average molecular weight is 376 g/mol. The van der Waals surface area contributed by atoms with Gasteiger partial charge in [0.2, 0.25) is 11.7 Å². The Morgan fingerprint density at radius 2 is 1.82 bits per heavy atom. The van der Waals surface area contributed by atoms with Gasteiger partial charge in [-0.1, -0.05) is 53.2 Å². The molecule has 1 fully saturated rings. The van der Waals surface area contributed by atoms with Gasteiger partial charge >= 0.3 is 6.03 Å². The number of para-hydroxylation sites is 1.